The van der Waals surface area contributed by atoms with Gasteiger partial charge in [0.25, 0.3) is 0 Å². The van der Waals surface area contributed by atoms with E-state index in [1.165, 1.54) is 76.2 Å². The molecule has 2 spiro atoms. The maximum atomic E-state index is 12.2. The van der Waals surface area contributed by atoms with Gasteiger partial charge in [0.2, 0.25) is 0 Å². The lowest BCUT2D eigenvalue weighted by Crippen LogP contribution is -2.48. The SMILES string of the molecule is C.C.CC1=C2C[C@H]3[C@@H](CCC4=CC(=O)CC[C@@]43C)[C@@H]2CC[C@@]2(C1)O[C@@H]1C[C@H](C)CN[C@H]1[C@H]2C.CC1=C2C[C@H]3[C@@H](CC[C@@H]4CC(=O)CC[C@@]43C)[C@@H]2CC[C@@]2(C1)O[C@@H]1C[C@H](C)CN[C@H]1[C@H]2C. The molecule has 358 valence electrons. The summed E-state index contributed by atoms with van der Waals surface area (Å²) in [6.45, 7) is 21.9. The molecule has 19 atom stereocenters. The summed E-state index contributed by atoms with van der Waals surface area (Å²) in [5.74, 6) is 8.97. The largest absolute Gasteiger partial charge is 0.369 e. The van der Waals surface area contributed by atoms with Crippen LogP contribution in [0.1, 0.15) is 192 Å². The van der Waals surface area contributed by atoms with E-state index >= 15 is 0 Å². The Labute approximate surface area is 390 Å². The minimum atomic E-state index is 0. The van der Waals surface area contributed by atoms with Crippen molar-refractivity contribution in [2.45, 2.75) is 228 Å². The molecule has 9 fully saturated rings. The standard InChI is InChI=1S/C28H43NO2.C28H41NO2.2CH4/c2*1-16-11-25-26(29-15-16)18(3)28(31-25)10-8-21-22-6-5-19-12-20(30)7-9-27(19,4)24(22)13-23(21)17(2)14-28;;/h16,18-19,21-22,24-26,29H,5-15H2,1-4H3;12,16,18,21-22,24-26,29H,5-11,13-15H2,1-4H3;2*1H4/t16-,18+,19+,21-,22-,24-,25+,26-,27-,28-;16-,18+,21-,22-,24-,25+,26-,27-,28-;;/m00../s1. The number of piperidine rings is 2. The zero-order valence-electron chi connectivity index (χ0n) is 40.2. The zero-order valence-corrected chi connectivity index (χ0v) is 40.2. The van der Waals surface area contributed by atoms with Gasteiger partial charge in [-0.15, -0.1) is 0 Å². The average Bonchev–Trinajstić information content (AvgIpc) is 3.91. The van der Waals surface area contributed by atoms with Crippen LogP contribution < -0.4 is 10.6 Å². The van der Waals surface area contributed by atoms with E-state index in [4.69, 9.17) is 9.47 Å². The molecule has 2 N–H and O–H groups in total. The minimum Gasteiger partial charge on any atom is -0.369 e. The van der Waals surface area contributed by atoms with Gasteiger partial charge in [0.15, 0.2) is 5.78 Å². The second kappa shape index (κ2) is 17.1. The van der Waals surface area contributed by atoms with E-state index in [1.807, 2.05) is 11.6 Å². The molecule has 8 aliphatic carbocycles. The van der Waals surface area contributed by atoms with E-state index < -0.39 is 0 Å². The third kappa shape index (κ3) is 7.34. The first-order valence-corrected chi connectivity index (χ1v) is 26.6. The Hall–Kier alpha value is -1.60. The molecule has 0 bridgehead atoms. The van der Waals surface area contributed by atoms with Crippen LogP contribution in [0, 0.1) is 75.9 Å². The van der Waals surface area contributed by atoms with E-state index in [0.717, 1.165) is 112 Å². The van der Waals surface area contributed by atoms with Gasteiger partial charge in [-0.2, -0.15) is 0 Å². The number of hydrogen-bond donors (Lipinski definition) is 2. The van der Waals surface area contributed by atoms with Crippen LogP contribution in [0.4, 0.5) is 0 Å². The average molecular weight is 881 g/mol. The van der Waals surface area contributed by atoms with Crippen molar-refractivity contribution in [3.63, 3.8) is 0 Å². The van der Waals surface area contributed by atoms with Crippen molar-refractivity contribution < 1.29 is 19.1 Å². The number of Topliss-reactive ketones (excluding diaryl/α,β-unsaturated/α-hetero) is 1. The molecule has 6 nitrogen and oxygen atoms in total. The quantitative estimate of drug-likeness (QED) is 0.236. The number of allylic oxidation sites excluding steroid dienone is 4. The lowest BCUT2D eigenvalue weighted by molar-refractivity contribution is -0.129. The Morgan fingerprint density at radius 3 is 1.75 bits per heavy atom. The first-order valence-electron chi connectivity index (χ1n) is 26.6. The molecule has 4 aliphatic heterocycles. The number of hydrogen-bond acceptors (Lipinski definition) is 6. The fourth-order valence-corrected chi connectivity index (χ4v) is 18.7. The van der Waals surface area contributed by atoms with E-state index in [1.54, 1.807) is 16.7 Å². The highest BCUT2D eigenvalue weighted by Crippen LogP contribution is 2.66. The molecule has 6 heteroatoms. The highest BCUT2D eigenvalue weighted by atomic mass is 16.5. The topological polar surface area (TPSA) is 76.7 Å². The van der Waals surface area contributed by atoms with Gasteiger partial charge >= 0.3 is 0 Å². The minimum absolute atomic E-state index is 0. The number of fused-ring (bicyclic) bond motifs is 12. The molecule has 0 radical (unpaired) electrons. The molecule has 0 aromatic carbocycles. The molecule has 4 saturated heterocycles. The van der Waals surface area contributed by atoms with Gasteiger partial charge in [-0.05, 0) is 200 Å². The number of ketones is 2. The molecule has 0 amide bonds. The third-order valence-corrected chi connectivity index (χ3v) is 22.4. The molecule has 0 aromatic rings. The van der Waals surface area contributed by atoms with Crippen molar-refractivity contribution in [1.82, 2.24) is 10.6 Å². The maximum absolute atomic E-state index is 12.2. The summed E-state index contributed by atoms with van der Waals surface area (Å²) < 4.78 is 14.0. The molecule has 4 heterocycles. The van der Waals surface area contributed by atoms with Crippen LogP contribution in [0.3, 0.4) is 0 Å². The van der Waals surface area contributed by atoms with E-state index in [0.29, 0.717) is 59.0 Å². The Balaban J connectivity index is 0.000000157. The lowest BCUT2D eigenvalue weighted by atomic mass is 9.52. The summed E-state index contributed by atoms with van der Waals surface area (Å²) in [5, 5.41) is 7.70. The zero-order chi connectivity index (χ0) is 43.1. The fourth-order valence-electron chi connectivity index (χ4n) is 18.7. The van der Waals surface area contributed by atoms with Crippen molar-refractivity contribution in [3.8, 4) is 0 Å². The van der Waals surface area contributed by atoms with Crippen LogP contribution in [0.15, 0.2) is 33.9 Å². The monoisotopic (exact) mass is 881 g/mol. The van der Waals surface area contributed by atoms with Crippen LogP contribution >= 0.6 is 0 Å². The Morgan fingerprint density at radius 2 is 1.17 bits per heavy atom. The van der Waals surface area contributed by atoms with Gasteiger partial charge in [-0.1, -0.05) is 84.3 Å². The second-order valence-electron chi connectivity index (χ2n) is 25.4. The maximum Gasteiger partial charge on any atom is 0.155 e. The molecule has 12 rings (SSSR count). The van der Waals surface area contributed by atoms with Crippen molar-refractivity contribution in [1.29, 1.82) is 0 Å². The smallest absolute Gasteiger partial charge is 0.155 e. The summed E-state index contributed by atoms with van der Waals surface area (Å²) in [6.07, 6.45) is 25.0. The van der Waals surface area contributed by atoms with Crippen molar-refractivity contribution in [2.75, 3.05) is 13.1 Å². The van der Waals surface area contributed by atoms with Crippen LogP contribution in [0.5, 0.6) is 0 Å². The van der Waals surface area contributed by atoms with Crippen molar-refractivity contribution >= 4 is 11.6 Å². The Kier molecular flexibility index (Phi) is 12.7. The van der Waals surface area contributed by atoms with E-state index in [9.17, 15) is 9.59 Å². The van der Waals surface area contributed by atoms with Gasteiger partial charge in [0.05, 0.1) is 23.4 Å². The van der Waals surface area contributed by atoms with Crippen LogP contribution in [0.25, 0.3) is 0 Å². The summed E-state index contributed by atoms with van der Waals surface area (Å²) in [5.41, 5.74) is 9.18. The van der Waals surface area contributed by atoms with E-state index in [-0.39, 0.29) is 31.5 Å². The molecule has 64 heavy (non-hydrogen) atoms. The third-order valence-electron chi connectivity index (χ3n) is 22.4. The van der Waals surface area contributed by atoms with Crippen LogP contribution in [-0.4, -0.2) is 60.1 Å². The number of ether oxygens (including phenoxy) is 2. The summed E-state index contributed by atoms with van der Waals surface area (Å²) in [4.78, 5) is 24.3. The van der Waals surface area contributed by atoms with Gasteiger partial charge < -0.3 is 20.1 Å². The fraction of sp³-hybridized carbons (Fsp3) is 0.862. The van der Waals surface area contributed by atoms with Gasteiger partial charge in [-0.25, -0.2) is 0 Å². The van der Waals surface area contributed by atoms with Gasteiger partial charge in [-0.3, -0.25) is 9.59 Å². The highest BCUT2D eigenvalue weighted by molar-refractivity contribution is 5.91. The number of carbonyl (C=O) groups is 2. The Bertz CT molecular complexity index is 1930. The molecule has 0 unspecified atom stereocenters. The normalized spacial score (nSPS) is 51.3. The van der Waals surface area contributed by atoms with Crippen molar-refractivity contribution in [3.05, 3.63) is 33.9 Å². The molecular formula is C58H92N2O4. The molecule has 5 saturated carbocycles. The molecule has 0 aromatic heterocycles. The summed E-state index contributed by atoms with van der Waals surface area (Å²) in [7, 11) is 0. The van der Waals surface area contributed by atoms with Gasteiger partial charge in [0.1, 0.15) is 5.78 Å². The first-order chi connectivity index (χ1) is 29.6. The number of rotatable bonds is 0. The predicted octanol–water partition coefficient (Wildman–Crippen LogP) is 12.6. The summed E-state index contributed by atoms with van der Waals surface area (Å²) >= 11 is 0. The second-order valence-corrected chi connectivity index (χ2v) is 25.4. The van der Waals surface area contributed by atoms with Gasteiger partial charge in [0, 0.05) is 43.2 Å². The van der Waals surface area contributed by atoms with Crippen LogP contribution in [-0.2, 0) is 19.1 Å². The predicted molar refractivity (Wildman–Crippen MR) is 261 cm³/mol. The lowest BCUT2D eigenvalue weighted by Gasteiger charge is -2.52. The first kappa shape index (κ1) is 47.5. The highest BCUT2D eigenvalue weighted by Gasteiger charge is 2.61. The number of nitrogens with one attached hydrogen (secondary N) is 2. The van der Waals surface area contributed by atoms with Crippen molar-refractivity contribution in [2.24, 2.45) is 75.9 Å². The van der Waals surface area contributed by atoms with Crippen LogP contribution in [0.2, 0.25) is 0 Å². The Morgan fingerprint density at radius 1 is 0.625 bits per heavy atom. The number of carbonyl (C=O) groups excluding carboxylic acids is 2. The van der Waals surface area contributed by atoms with E-state index in [2.05, 4.69) is 66.0 Å². The summed E-state index contributed by atoms with van der Waals surface area (Å²) in [6, 6.07) is 1.09. The molecule has 12 aliphatic rings. The molecular weight excluding hydrogens is 789 g/mol.